The maximum atomic E-state index is 12.6. The number of nitrogens with zero attached hydrogens (tertiary/aromatic N) is 2. The minimum Gasteiger partial charge on any atom is -0.325 e. The quantitative estimate of drug-likeness (QED) is 0.711. The standard InChI is InChI=1S/C17H19ClN4O3S/c18-17-15(7-4-8-19-17)20-16(23)13-21-9-11-22(12-10-21)26(24,25)14-5-2-1-3-6-14/h1-8H,9-13H2,(H,20,23)/p+1. The Kier molecular flexibility index (Phi) is 5.87. The molecule has 1 aromatic heterocycles. The average Bonchev–Trinajstić information content (AvgIpc) is 2.65. The molecule has 0 saturated carbocycles. The van der Waals surface area contributed by atoms with Crippen molar-refractivity contribution in [2.45, 2.75) is 4.90 Å². The number of nitrogens with one attached hydrogen (secondary N) is 2. The van der Waals surface area contributed by atoms with Gasteiger partial charge in [-0.15, -0.1) is 0 Å². The van der Waals surface area contributed by atoms with Crippen LogP contribution in [0.4, 0.5) is 5.69 Å². The number of sulfonamides is 1. The van der Waals surface area contributed by atoms with Gasteiger partial charge >= 0.3 is 0 Å². The second kappa shape index (κ2) is 8.13. The number of benzene rings is 1. The van der Waals surface area contributed by atoms with E-state index in [2.05, 4.69) is 10.3 Å². The molecule has 1 amide bonds. The lowest BCUT2D eigenvalue weighted by molar-refractivity contribution is -0.895. The van der Waals surface area contributed by atoms with E-state index in [-0.39, 0.29) is 17.6 Å². The molecule has 0 unspecified atom stereocenters. The zero-order valence-electron chi connectivity index (χ0n) is 14.1. The number of amides is 1. The minimum atomic E-state index is -3.47. The fraction of sp³-hybridized carbons (Fsp3) is 0.294. The molecule has 0 spiro atoms. The highest BCUT2D eigenvalue weighted by Crippen LogP contribution is 2.17. The molecule has 3 rings (SSSR count). The van der Waals surface area contributed by atoms with Crippen molar-refractivity contribution in [2.75, 3.05) is 38.0 Å². The summed E-state index contributed by atoms with van der Waals surface area (Å²) in [6.45, 7) is 2.16. The number of anilines is 1. The van der Waals surface area contributed by atoms with Crippen molar-refractivity contribution in [2.24, 2.45) is 0 Å². The smallest absolute Gasteiger partial charge is 0.279 e. The molecule has 0 aliphatic carbocycles. The van der Waals surface area contributed by atoms with Crippen LogP contribution in [0, 0.1) is 0 Å². The average molecular weight is 396 g/mol. The van der Waals surface area contributed by atoms with Crippen molar-refractivity contribution in [1.29, 1.82) is 0 Å². The molecule has 1 aliphatic rings. The van der Waals surface area contributed by atoms with Crippen molar-refractivity contribution in [3.8, 4) is 0 Å². The fourth-order valence-corrected chi connectivity index (χ4v) is 4.49. The zero-order chi connectivity index (χ0) is 18.6. The summed E-state index contributed by atoms with van der Waals surface area (Å²) in [5.41, 5.74) is 0.476. The van der Waals surface area contributed by atoms with Crippen LogP contribution < -0.4 is 10.2 Å². The van der Waals surface area contributed by atoms with Crippen LogP contribution in [0.5, 0.6) is 0 Å². The highest BCUT2D eigenvalue weighted by Gasteiger charge is 2.31. The normalized spacial score (nSPS) is 16.3. The van der Waals surface area contributed by atoms with Gasteiger partial charge in [0.15, 0.2) is 11.7 Å². The Hall–Kier alpha value is -2.00. The molecule has 1 aromatic carbocycles. The number of rotatable bonds is 5. The zero-order valence-corrected chi connectivity index (χ0v) is 15.6. The van der Waals surface area contributed by atoms with Gasteiger partial charge in [0.25, 0.3) is 5.91 Å². The second-order valence-corrected chi connectivity index (χ2v) is 8.33. The predicted molar refractivity (Wildman–Crippen MR) is 98.6 cm³/mol. The Morgan fingerprint density at radius 3 is 2.50 bits per heavy atom. The lowest BCUT2D eigenvalue weighted by Crippen LogP contribution is -3.15. The van der Waals surface area contributed by atoms with Gasteiger partial charge in [-0.2, -0.15) is 4.31 Å². The summed E-state index contributed by atoms with van der Waals surface area (Å²) in [6.07, 6.45) is 1.55. The number of hydrogen-bond donors (Lipinski definition) is 2. The Morgan fingerprint density at radius 1 is 1.15 bits per heavy atom. The van der Waals surface area contributed by atoms with E-state index in [1.165, 1.54) is 4.31 Å². The van der Waals surface area contributed by atoms with E-state index in [0.717, 1.165) is 4.90 Å². The number of aromatic nitrogens is 1. The van der Waals surface area contributed by atoms with Gasteiger partial charge in [-0.25, -0.2) is 13.4 Å². The second-order valence-electron chi connectivity index (χ2n) is 6.03. The molecule has 2 heterocycles. The number of carbonyl (C=O) groups is 1. The van der Waals surface area contributed by atoms with Crippen LogP contribution in [0.3, 0.4) is 0 Å². The van der Waals surface area contributed by atoms with E-state index >= 15 is 0 Å². The molecule has 138 valence electrons. The van der Waals surface area contributed by atoms with Crippen molar-refractivity contribution in [3.05, 3.63) is 53.8 Å². The molecular formula is C17H20ClN4O3S+. The molecule has 1 fully saturated rings. The van der Waals surface area contributed by atoms with Crippen LogP contribution >= 0.6 is 11.6 Å². The molecule has 26 heavy (non-hydrogen) atoms. The molecule has 0 radical (unpaired) electrons. The summed E-state index contributed by atoms with van der Waals surface area (Å²) < 4.78 is 26.7. The predicted octanol–water partition coefficient (Wildman–Crippen LogP) is 0.263. The summed E-state index contributed by atoms with van der Waals surface area (Å²) in [5, 5.41) is 2.98. The van der Waals surface area contributed by atoms with Crippen LogP contribution in [0.2, 0.25) is 5.15 Å². The van der Waals surface area contributed by atoms with Crippen LogP contribution in [-0.2, 0) is 14.8 Å². The summed E-state index contributed by atoms with van der Waals surface area (Å²) in [5.74, 6) is -0.172. The number of piperazine rings is 1. The number of halogens is 1. The van der Waals surface area contributed by atoms with Gasteiger partial charge in [-0.1, -0.05) is 29.8 Å². The molecule has 9 heteroatoms. The van der Waals surface area contributed by atoms with Gasteiger partial charge in [0, 0.05) is 6.20 Å². The van der Waals surface area contributed by atoms with Crippen molar-refractivity contribution >= 4 is 33.2 Å². The van der Waals surface area contributed by atoms with E-state index in [1.807, 2.05) is 0 Å². The number of quaternary nitrogens is 1. The van der Waals surface area contributed by atoms with Gasteiger partial charge in [-0.3, -0.25) is 4.79 Å². The molecule has 0 atom stereocenters. The third kappa shape index (κ3) is 4.39. The highest BCUT2D eigenvalue weighted by molar-refractivity contribution is 7.89. The van der Waals surface area contributed by atoms with Crippen LogP contribution in [0.25, 0.3) is 0 Å². The van der Waals surface area contributed by atoms with E-state index in [1.54, 1.807) is 48.7 Å². The maximum Gasteiger partial charge on any atom is 0.279 e. The van der Waals surface area contributed by atoms with Gasteiger partial charge in [0.05, 0.1) is 36.8 Å². The van der Waals surface area contributed by atoms with E-state index in [4.69, 9.17) is 11.6 Å². The number of hydrogen-bond acceptors (Lipinski definition) is 4. The largest absolute Gasteiger partial charge is 0.325 e. The molecule has 0 bridgehead atoms. The van der Waals surface area contributed by atoms with E-state index < -0.39 is 10.0 Å². The summed E-state index contributed by atoms with van der Waals surface area (Å²) in [7, 11) is -3.47. The molecule has 1 saturated heterocycles. The highest BCUT2D eigenvalue weighted by atomic mass is 35.5. The van der Waals surface area contributed by atoms with Crippen LogP contribution in [0.15, 0.2) is 53.6 Å². The monoisotopic (exact) mass is 395 g/mol. The minimum absolute atomic E-state index is 0.172. The summed E-state index contributed by atoms with van der Waals surface area (Å²) in [4.78, 5) is 17.4. The Morgan fingerprint density at radius 2 is 1.85 bits per heavy atom. The SMILES string of the molecule is O=C(C[NH+]1CCN(S(=O)(=O)c2ccccc2)CC1)Nc1cccnc1Cl. The van der Waals surface area contributed by atoms with Gasteiger partial charge in [0.1, 0.15) is 0 Å². The van der Waals surface area contributed by atoms with E-state index in [9.17, 15) is 13.2 Å². The Bertz CT molecular complexity index is 869. The molecule has 2 aromatic rings. The summed E-state index contributed by atoms with van der Waals surface area (Å²) in [6, 6.07) is 11.8. The van der Waals surface area contributed by atoms with Crippen molar-refractivity contribution in [3.63, 3.8) is 0 Å². The van der Waals surface area contributed by atoms with Crippen molar-refractivity contribution < 1.29 is 18.1 Å². The van der Waals surface area contributed by atoms with Crippen molar-refractivity contribution in [1.82, 2.24) is 9.29 Å². The molecular weight excluding hydrogens is 376 g/mol. The first-order valence-electron chi connectivity index (χ1n) is 8.26. The first-order chi connectivity index (χ1) is 12.5. The topological polar surface area (TPSA) is 83.8 Å². The first kappa shape index (κ1) is 18.8. The van der Waals surface area contributed by atoms with E-state index in [0.29, 0.717) is 36.8 Å². The fourth-order valence-electron chi connectivity index (χ4n) is 2.86. The Balaban J connectivity index is 1.54. The van der Waals surface area contributed by atoms with Gasteiger partial charge in [-0.05, 0) is 24.3 Å². The molecule has 1 aliphatic heterocycles. The third-order valence-corrected chi connectivity index (χ3v) is 6.47. The van der Waals surface area contributed by atoms with Crippen LogP contribution in [0.1, 0.15) is 0 Å². The van der Waals surface area contributed by atoms with Gasteiger partial charge < -0.3 is 10.2 Å². The summed E-state index contributed by atoms with van der Waals surface area (Å²) >= 11 is 5.93. The lowest BCUT2D eigenvalue weighted by Gasteiger charge is -2.31. The number of carbonyl (C=O) groups excluding carboxylic acids is 1. The third-order valence-electron chi connectivity index (χ3n) is 4.25. The lowest BCUT2D eigenvalue weighted by atomic mass is 10.3. The first-order valence-corrected chi connectivity index (χ1v) is 10.1. The van der Waals surface area contributed by atoms with Gasteiger partial charge in [0.2, 0.25) is 10.0 Å². The Labute approximate surface area is 157 Å². The number of pyridine rings is 1. The van der Waals surface area contributed by atoms with Crippen LogP contribution in [-0.4, -0.2) is 56.3 Å². The molecule has 7 nitrogen and oxygen atoms in total. The maximum absolute atomic E-state index is 12.6. The molecule has 2 N–H and O–H groups in total.